The highest BCUT2D eigenvalue weighted by molar-refractivity contribution is 7.18. The Bertz CT molecular complexity index is 622. The number of rotatable bonds is 4. The predicted octanol–water partition coefficient (Wildman–Crippen LogP) is 4.09. The third-order valence-corrected chi connectivity index (χ3v) is 3.75. The van der Waals surface area contributed by atoms with Crippen LogP contribution in [-0.2, 0) is 4.74 Å². The topological polar surface area (TPSA) is 43.4 Å². The number of thiophene rings is 1. The molecule has 0 aliphatic heterocycles. The van der Waals surface area contributed by atoms with Gasteiger partial charge in [0.2, 0.25) is 5.78 Å². The monoisotopic (exact) mass is 314 g/mol. The zero-order valence-electron chi connectivity index (χ0n) is 9.56. The molecule has 2 aromatic rings. The average molecular weight is 315 g/mol. The lowest BCUT2D eigenvalue weighted by Crippen LogP contribution is -2.13. The molecule has 0 spiro atoms. The minimum Gasteiger partial charge on any atom is -0.454 e. The second kappa shape index (κ2) is 6.19. The van der Waals surface area contributed by atoms with Crippen molar-refractivity contribution in [3.8, 4) is 0 Å². The van der Waals surface area contributed by atoms with Gasteiger partial charge >= 0.3 is 5.97 Å². The Morgan fingerprint density at radius 1 is 1.16 bits per heavy atom. The summed E-state index contributed by atoms with van der Waals surface area (Å²) in [6, 6.07) is 9.56. The third-order valence-electron chi connectivity index (χ3n) is 2.24. The van der Waals surface area contributed by atoms with Crippen molar-refractivity contribution in [3.63, 3.8) is 0 Å². The fraction of sp³-hybridized carbons (Fsp3) is 0.0769. The number of halogens is 2. The first kappa shape index (κ1) is 14.1. The van der Waals surface area contributed by atoms with Gasteiger partial charge in [0.25, 0.3) is 0 Å². The number of ether oxygens (including phenoxy) is 1. The summed E-state index contributed by atoms with van der Waals surface area (Å²) in [7, 11) is 0. The highest BCUT2D eigenvalue weighted by Gasteiger charge is 2.13. The summed E-state index contributed by atoms with van der Waals surface area (Å²) in [5.74, 6) is -0.870. The van der Waals surface area contributed by atoms with Gasteiger partial charge in [0.15, 0.2) is 6.61 Å². The largest absolute Gasteiger partial charge is 0.454 e. The number of carbonyl (C=O) groups excluding carboxylic acids is 2. The molecule has 1 aromatic carbocycles. The van der Waals surface area contributed by atoms with Crippen LogP contribution in [0, 0.1) is 0 Å². The maximum Gasteiger partial charge on any atom is 0.338 e. The Morgan fingerprint density at radius 2 is 1.95 bits per heavy atom. The molecule has 0 aliphatic carbocycles. The average Bonchev–Trinajstić information content (AvgIpc) is 2.82. The summed E-state index contributed by atoms with van der Waals surface area (Å²) >= 11 is 12.6. The van der Waals surface area contributed by atoms with Gasteiger partial charge < -0.3 is 4.74 Å². The van der Waals surface area contributed by atoms with Gasteiger partial charge in [-0.2, -0.15) is 0 Å². The molecular weight excluding hydrogens is 307 g/mol. The molecule has 0 unspecified atom stereocenters. The molecule has 0 amide bonds. The zero-order chi connectivity index (χ0) is 13.8. The van der Waals surface area contributed by atoms with Gasteiger partial charge in [0.05, 0.1) is 14.8 Å². The Hall–Kier alpha value is -1.36. The SMILES string of the molecule is O=C(OCC(=O)c1ccc(Cl)s1)c1cccc(Cl)c1. The smallest absolute Gasteiger partial charge is 0.338 e. The quantitative estimate of drug-likeness (QED) is 0.630. The minimum atomic E-state index is -0.585. The van der Waals surface area contributed by atoms with E-state index < -0.39 is 5.97 Å². The van der Waals surface area contributed by atoms with E-state index in [-0.39, 0.29) is 12.4 Å². The molecule has 0 fully saturated rings. The summed E-state index contributed by atoms with van der Waals surface area (Å²) in [5.41, 5.74) is 0.310. The van der Waals surface area contributed by atoms with Crippen LogP contribution in [0.25, 0.3) is 0 Å². The third kappa shape index (κ3) is 3.80. The van der Waals surface area contributed by atoms with E-state index in [0.717, 1.165) is 11.3 Å². The molecule has 1 aromatic heterocycles. The van der Waals surface area contributed by atoms with E-state index in [0.29, 0.717) is 19.8 Å². The number of esters is 1. The Kier molecular flexibility index (Phi) is 4.58. The van der Waals surface area contributed by atoms with E-state index >= 15 is 0 Å². The maximum atomic E-state index is 11.7. The standard InChI is InChI=1S/C13H8Cl2O3S/c14-9-3-1-2-8(6-9)13(17)18-7-10(16)11-4-5-12(15)19-11/h1-6H,7H2. The molecule has 0 bridgehead atoms. The molecule has 0 N–H and O–H groups in total. The van der Waals surface area contributed by atoms with Gasteiger partial charge in [-0.05, 0) is 30.3 Å². The summed E-state index contributed by atoms with van der Waals surface area (Å²) < 4.78 is 5.44. The van der Waals surface area contributed by atoms with Crippen molar-refractivity contribution in [2.45, 2.75) is 0 Å². The Labute approximate surface area is 123 Å². The molecule has 98 valence electrons. The van der Waals surface area contributed by atoms with Crippen LogP contribution in [0.1, 0.15) is 20.0 Å². The molecular formula is C13H8Cl2O3S. The number of ketones is 1. The lowest BCUT2D eigenvalue weighted by Gasteiger charge is -2.03. The van der Waals surface area contributed by atoms with Crippen LogP contribution in [0.2, 0.25) is 9.36 Å². The fourth-order valence-electron chi connectivity index (χ4n) is 1.37. The van der Waals surface area contributed by atoms with Crippen molar-refractivity contribution >= 4 is 46.3 Å². The molecule has 1 heterocycles. The van der Waals surface area contributed by atoms with Crippen LogP contribution in [0.3, 0.4) is 0 Å². The Balaban J connectivity index is 1.95. The summed E-state index contributed by atoms with van der Waals surface area (Å²) in [5, 5.41) is 0.436. The van der Waals surface area contributed by atoms with E-state index in [2.05, 4.69) is 0 Å². The van der Waals surface area contributed by atoms with Gasteiger partial charge in [-0.25, -0.2) is 4.79 Å². The van der Waals surface area contributed by atoms with E-state index in [1.54, 1.807) is 30.3 Å². The normalized spacial score (nSPS) is 10.2. The van der Waals surface area contributed by atoms with E-state index in [9.17, 15) is 9.59 Å². The molecule has 6 heteroatoms. The van der Waals surface area contributed by atoms with Crippen molar-refractivity contribution in [2.24, 2.45) is 0 Å². The second-order valence-corrected chi connectivity index (χ2v) is 5.76. The zero-order valence-corrected chi connectivity index (χ0v) is 11.9. The molecule has 0 atom stereocenters. The van der Waals surface area contributed by atoms with Gasteiger partial charge in [0.1, 0.15) is 0 Å². The Morgan fingerprint density at radius 3 is 2.58 bits per heavy atom. The van der Waals surface area contributed by atoms with Crippen LogP contribution in [0.5, 0.6) is 0 Å². The van der Waals surface area contributed by atoms with Crippen molar-refractivity contribution in [1.29, 1.82) is 0 Å². The highest BCUT2D eigenvalue weighted by atomic mass is 35.5. The second-order valence-electron chi connectivity index (χ2n) is 3.61. The molecule has 0 saturated heterocycles. The minimum absolute atomic E-state index is 0.285. The number of Topliss-reactive ketones (excluding diaryl/α,β-unsaturated/α-hetero) is 1. The van der Waals surface area contributed by atoms with Gasteiger partial charge in [-0.3, -0.25) is 4.79 Å². The number of hydrogen-bond donors (Lipinski definition) is 0. The molecule has 2 rings (SSSR count). The van der Waals surface area contributed by atoms with Gasteiger partial charge in [-0.1, -0.05) is 29.3 Å². The van der Waals surface area contributed by atoms with Crippen molar-refractivity contribution in [2.75, 3.05) is 6.61 Å². The first-order valence-corrected chi connectivity index (χ1v) is 6.85. The van der Waals surface area contributed by atoms with Crippen LogP contribution in [0.15, 0.2) is 36.4 Å². The van der Waals surface area contributed by atoms with Gasteiger partial charge in [-0.15, -0.1) is 11.3 Å². The molecule has 0 saturated carbocycles. The summed E-state index contributed by atoms with van der Waals surface area (Å²) in [4.78, 5) is 23.9. The summed E-state index contributed by atoms with van der Waals surface area (Å²) in [6.07, 6.45) is 0. The first-order chi connectivity index (χ1) is 9.06. The molecule has 0 radical (unpaired) electrons. The number of hydrogen-bond acceptors (Lipinski definition) is 4. The number of carbonyl (C=O) groups is 2. The van der Waals surface area contributed by atoms with Crippen molar-refractivity contribution < 1.29 is 14.3 Å². The van der Waals surface area contributed by atoms with Gasteiger partial charge in [0, 0.05) is 5.02 Å². The highest BCUT2D eigenvalue weighted by Crippen LogP contribution is 2.22. The van der Waals surface area contributed by atoms with Crippen molar-refractivity contribution in [1.82, 2.24) is 0 Å². The lowest BCUT2D eigenvalue weighted by atomic mass is 10.2. The van der Waals surface area contributed by atoms with Crippen LogP contribution >= 0.6 is 34.5 Å². The first-order valence-electron chi connectivity index (χ1n) is 5.27. The fourth-order valence-corrected chi connectivity index (χ4v) is 2.52. The van der Waals surface area contributed by atoms with Crippen LogP contribution in [0.4, 0.5) is 0 Å². The molecule has 19 heavy (non-hydrogen) atoms. The van der Waals surface area contributed by atoms with E-state index in [1.165, 1.54) is 6.07 Å². The summed E-state index contributed by atoms with van der Waals surface area (Å²) in [6.45, 7) is -0.317. The van der Waals surface area contributed by atoms with E-state index in [4.69, 9.17) is 27.9 Å². The van der Waals surface area contributed by atoms with Crippen molar-refractivity contribution in [3.05, 3.63) is 56.2 Å². The molecule has 3 nitrogen and oxygen atoms in total. The van der Waals surface area contributed by atoms with E-state index in [1.807, 2.05) is 0 Å². The van der Waals surface area contributed by atoms with Crippen LogP contribution in [-0.4, -0.2) is 18.4 Å². The lowest BCUT2D eigenvalue weighted by molar-refractivity contribution is 0.0476. The predicted molar refractivity (Wildman–Crippen MR) is 75.4 cm³/mol. The number of benzene rings is 1. The maximum absolute atomic E-state index is 11.7. The van der Waals surface area contributed by atoms with Crippen LogP contribution < -0.4 is 0 Å². The molecule has 0 aliphatic rings.